The third-order valence-corrected chi connectivity index (χ3v) is 6.25. The van der Waals surface area contributed by atoms with Gasteiger partial charge in [0, 0.05) is 36.5 Å². The molecule has 10 heteroatoms. The average molecular weight is 532 g/mol. The molecule has 4 rings (SSSR count). The molecule has 3 aromatic rings. The van der Waals surface area contributed by atoms with Crippen molar-refractivity contribution in [2.75, 3.05) is 23.4 Å². The van der Waals surface area contributed by atoms with Crippen molar-refractivity contribution in [2.45, 2.75) is 32.6 Å². The van der Waals surface area contributed by atoms with Crippen molar-refractivity contribution in [3.8, 4) is 11.5 Å². The van der Waals surface area contributed by atoms with Gasteiger partial charge in [0.25, 0.3) is 11.6 Å². The number of nitro benzene ring substituents is 1. The molecule has 1 saturated heterocycles. The minimum absolute atomic E-state index is 0.0380. The molecule has 3 aromatic carbocycles. The Morgan fingerprint density at radius 3 is 2.28 bits per heavy atom. The van der Waals surface area contributed by atoms with Gasteiger partial charge >= 0.3 is 5.97 Å². The maximum absolute atomic E-state index is 12.6. The van der Waals surface area contributed by atoms with Gasteiger partial charge in [-0.15, -0.1) is 0 Å². The summed E-state index contributed by atoms with van der Waals surface area (Å²) in [5.74, 6) is -0.956. The molecule has 0 unspecified atom stereocenters. The first-order chi connectivity index (χ1) is 18.5. The number of rotatable bonds is 8. The summed E-state index contributed by atoms with van der Waals surface area (Å²) in [5.41, 5.74) is 1.90. The first kappa shape index (κ1) is 27.3. The van der Waals surface area contributed by atoms with Crippen molar-refractivity contribution in [1.29, 1.82) is 0 Å². The highest BCUT2D eigenvalue weighted by molar-refractivity contribution is 6.00. The molecule has 0 aromatic heterocycles. The summed E-state index contributed by atoms with van der Waals surface area (Å²) in [5, 5.41) is 13.3. The Balaban J connectivity index is 1.29. The number of ether oxygens (including phenoxy) is 2. The van der Waals surface area contributed by atoms with E-state index >= 15 is 0 Å². The van der Waals surface area contributed by atoms with Gasteiger partial charge in [-0.25, -0.2) is 0 Å². The number of hydrogen-bond acceptors (Lipinski definition) is 7. The van der Waals surface area contributed by atoms with Crippen LogP contribution in [0.1, 0.15) is 32.8 Å². The minimum Gasteiger partial charge on any atom is -0.457 e. The number of carbonyl (C=O) groups is 3. The fraction of sp³-hybridized carbons (Fsp3) is 0.276. The van der Waals surface area contributed by atoms with E-state index in [0.717, 1.165) is 0 Å². The second-order valence-corrected chi connectivity index (χ2v) is 10.2. The summed E-state index contributed by atoms with van der Waals surface area (Å²) in [7, 11) is 0. The topological polar surface area (TPSA) is 128 Å². The first-order valence-electron chi connectivity index (χ1n) is 12.4. The van der Waals surface area contributed by atoms with Crippen molar-refractivity contribution in [3.63, 3.8) is 0 Å². The van der Waals surface area contributed by atoms with E-state index in [0.29, 0.717) is 17.2 Å². The fourth-order valence-electron chi connectivity index (χ4n) is 4.12. The zero-order chi connectivity index (χ0) is 28.2. The van der Waals surface area contributed by atoms with Crippen molar-refractivity contribution in [3.05, 3.63) is 88.5 Å². The second-order valence-electron chi connectivity index (χ2n) is 10.2. The third-order valence-electron chi connectivity index (χ3n) is 6.25. The number of carbonyl (C=O) groups excluding carboxylic acids is 3. The highest BCUT2D eigenvalue weighted by Gasteiger charge is 2.36. The molecule has 10 nitrogen and oxygen atoms in total. The Labute approximate surface area is 225 Å². The SMILES string of the molecule is CC(C)(C)c1ccc(Oc2ccc(N3C[C@@H](C(=O)OCC(=O)Nc4cccc([N+](=O)[O-])c4)CC3=O)cc2)cc1. The molecule has 0 bridgehead atoms. The maximum Gasteiger partial charge on any atom is 0.311 e. The number of nitrogens with zero attached hydrogens (tertiary/aromatic N) is 2. The Bertz CT molecular complexity index is 1380. The molecule has 1 fully saturated rings. The first-order valence-corrected chi connectivity index (χ1v) is 12.4. The van der Waals surface area contributed by atoms with E-state index in [1.54, 1.807) is 24.3 Å². The summed E-state index contributed by atoms with van der Waals surface area (Å²) >= 11 is 0. The smallest absolute Gasteiger partial charge is 0.311 e. The molecule has 0 saturated carbocycles. The monoisotopic (exact) mass is 531 g/mol. The van der Waals surface area contributed by atoms with Crippen molar-refractivity contribution in [1.82, 2.24) is 0 Å². The number of esters is 1. The van der Waals surface area contributed by atoms with Crippen LogP contribution in [0, 0.1) is 16.0 Å². The van der Waals surface area contributed by atoms with E-state index in [1.807, 2.05) is 24.3 Å². The lowest BCUT2D eigenvalue weighted by Crippen LogP contribution is -2.28. The average Bonchev–Trinajstić information content (AvgIpc) is 3.29. The lowest BCUT2D eigenvalue weighted by molar-refractivity contribution is -0.384. The summed E-state index contributed by atoms with van der Waals surface area (Å²) in [4.78, 5) is 49.0. The van der Waals surface area contributed by atoms with Gasteiger partial charge in [-0.05, 0) is 53.4 Å². The predicted octanol–water partition coefficient (Wildman–Crippen LogP) is 5.22. The van der Waals surface area contributed by atoms with Crippen LogP contribution in [0.25, 0.3) is 0 Å². The largest absolute Gasteiger partial charge is 0.457 e. The van der Waals surface area contributed by atoms with Crippen LogP contribution in [0.15, 0.2) is 72.8 Å². The predicted molar refractivity (Wildman–Crippen MR) is 145 cm³/mol. The van der Waals surface area contributed by atoms with Gasteiger partial charge in [0.2, 0.25) is 5.91 Å². The standard InChI is InChI=1S/C29H29N3O7/c1-29(2,3)20-7-11-24(12-8-20)39-25-13-9-22(10-14-25)31-17-19(15-27(31)34)28(35)38-18-26(33)30-21-5-4-6-23(16-21)32(36)37/h4-14,16,19H,15,17-18H2,1-3H3,(H,30,33)/t19-/m0/s1. The summed E-state index contributed by atoms with van der Waals surface area (Å²) in [6.07, 6.45) is -0.0380. The zero-order valence-electron chi connectivity index (χ0n) is 21.9. The van der Waals surface area contributed by atoms with E-state index in [2.05, 4.69) is 26.1 Å². The zero-order valence-corrected chi connectivity index (χ0v) is 21.9. The number of nitro groups is 1. The van der Waals surface area contributed by atoms with Gasteiger partial charge in [0.15, 0.2) is 6.61 Å². The molecule has 0 aliphatic carbocycles. The van der Waals surface area contributed by atoms with E-state index in [4.69, 9.17) is 9.47 Å². The number of non-ortho nitro benzene ring substituents is 1. The Kier molecular flexibility index (Phi) is 7.94. The van der Waals surface area contributed by atoms with Crippen molar-refractivity contribution in [2.24, 2.45) is 5.92 Å². The Morgan fingerprint density at radius 2 is 1.67 bits per heavy atom. The lowest BCUT2D eigenvalue weighted by Gasteiger charge is -2.19. The molecular weight excluding hydrogens is 502 g/mol. The minimum atomic E-state index is -0.722. The van der Waals surface area contributed by atoms with Crippen LogP contribution in [0.3, 0.4) is 0 Å². The number of nitrogens with one attached hydrogen (secondary N) is 1. The second kappa shape index (κ2) is 11.3. The molecule has 1 atom stereocenters. The summed E-state index contributed by atoms with van der Waals surface area (Å²) < 4.78 is 11.0. The Morgan fingerprint density at radius 1 is 1.03 bits per heavy atom. The number of benzene rings is 3. The van der Waals surface area contributed by atoms with Gasteiger partial charge in [-0.1, -0.05) is 39.0 Å². The molecule has 1 aliphatic rings. The van der Waals surface area contributed by atoms with Crippen molar-refractivity contribution >= 4 is 34.8 Å². The molecule has 39 heavy (non-hydrogen) atoms. The van der Waals surface area contributed by atoms with Crippen LogP contribution in [-0.2, 0) is 24.5 Å². The summed E-state index contributed by atoms with van der Waals surface area (Å²) in [6, 6.07) is 20.3. The molecule has 0 radical (unpaired) electrons. The molecule has 2 amide bonds. The highest BCUT2D eigenvalue weighted by Crippen LogP contribution is 2.30. The van der Waals surface area contributed by atoms with Crippen LogP contribution in [0.2, 0.25) is 0 Å². The van der Waals surface area contributed by atoms with E-state index < -0.39 is 29.3 Å². The number of anilines is 2. The quantitative estimate of drug-likeness (QED) is 0.240. The van der Waals surface area contributed by atoms with Gasteiger partial charge in [0.05, 0.1) is 10.8 Å². The molecule has 1 heterocycles. The molecule has 1 aliphatic heterocycles. The highest BCUT2D eigenvalue weighted by atomic mass is 16.6. The van der Waals surface area contributed by atoms with Gasteiger partial charge in [0.1, 0.15) is 11.5 Å². The van der Waals surface area contributed by atoms with Crippen LogP contribution in [-0.4, -0.2) is 35.9 Å². The van der Waals surface area contributed by atoms with Crippen LogP contribution >= 0.6 is 0 Å². The molecular formula is C29H29N3O7. The van der Waals surface area contributed by atoms with Crippen LogP contribution in [0.4, 0.5) is 17.1 Å². The van der Waals surface area contributed by atoms with E-state index in [9.17, 15) is 24.5 Å². The lowest BCUT2D eigenvalue weighted by atomic mass is 9.87. The summed E-state index contributed by atoms with van der Waals surface area (Å²) in [6.45, 7) is 5.98. The van der Waals surface area contributed by atoms with Crippen LogP contribution < -0.4 is 15.0 Å². The normalized spacial score (nSPS) is 15.1. The third kappa shape index (κ3) is 6.98. The van der Waals surface area contributed by atoms with Crippen molar-refractivity contribution < 1.29 is 28.8 Å². The number of hydrogen-bond donors (Lipinski definition) is 1. The van der Waals surface area contributed by atoms with Crippen LogP contribution in [0.5, 0.6) is 11.5 Å². The number of amides is 2. The molecule has 0 spiro atoms. The maximum atomic E-state index is 12.6. The van der Waals surface area contributed by atoms with E-state index in [1.165, 1.54) is 34.7 Å². The van der Waals surface area contributed by atoms with E-state index in [-0.39, 0.29) is 35.7 Å². The van der Waals surface area contributed by atoms with Gasteiger partial charge in [-0.2, -0.15) is 0 Å². The van der Waals surface area contributed by atoms with Gasteiger partial charge in [-0.3, -0.25) is 24.5 Å². The van der Waals surface area contributed by atoms with Gasteiger partial charge < -0.3 is 19.7 Å². The molecule has 1 N–H and O–H groups in total. The molecule has 202 valence electrons. The fourth-order valence-corrected chi connectivity index (χ4v) is 4.12. The Hall–Kier alpha value is -4.73.